The van der Waals surface area contributed by atoms with Crippen LogP contribution in [0.25, 0.3) is 0 Å². The maximum atomic E-state index is 5.97. The van der Waals surface area contributed by atoms with E-state index in [1.807, 2.05) is 0 Å². The first kappa shape index (κ1) is 10.4. The molecule has 3 nitrogen and oxygen atoms in total. The average molecular weight is 199 g/mol. The summed E-state index contributed by atoms with van der Waals surface area (Å²) in [6.07, 6.45) is 5.82. The van der Waals surface area contributed by atoms with Crippen molar-refractivity contribution in [3.05, 3.63) is 0 Å². The van der Waals surface area contributed by atoms with E-state index in [-0.39, 0.29) is 0 Å². The van der Waals surface area contributed by atoms with E-state index in [2.05, 4.69) is 12.2 Å². The molecule has 82 valence electrons. The number of rotatable bonds is 5. The first-order valence-electron chi connectivity index (χ1n) is 5.86. The molecule has 1 saturated heterocycles. The number of nitrogens with one attached hydrogen (secondary N) is 1. The number of hydrogen-bond acceptors (Lipinski definition) is 3. The molecule has 1 aliphatic heterocycles. The highest BCUT2D eigenvalue weighted by Crippen LogP contribution is 2.24. The molecule has 1 aliphatic carbocycles. The molecule has 1 N–H and O–H groups in total. The summed E-state index contributed by atoms with van der Waals surface area (Å²) in [5, 5.41) is 3.57. The highest BCUT2D eigenvalue weighted by Gasteiger charge is 2.31. The van der Waals surface area contributed by atoms with E-state index in [0.717, 1.165) is 19.8 Å². The van der Waals surface area contributed by atoms with Gasteiger partial charge < -0.3 is 14.8 Å². The summed E-state index contributed by atoms with van der Waals surface area (Å²) in [5.74, 6) is 0. The summed E-state index contributed by atoms with van der Waals surface area (Å²) < 4.78 is 11.1. The van der Waals surface area contributed by atoms with E-state index >= 15 is 0 Å². The van der Waals surface area contributed by atoms with Gasteiger partial charge in [0.1, 0.15) is 6.10 Å². The monoisotopic (exact) mass is 199 g/mol. The largest absolute Gasteiger partial charge is 0.376 e. The quantitative estimate of drug-likeness (QED) is 0.724. The average Bonchev–Trinajstić information content (AvgIpc) is 2.55. The normalized spacial score (nSPS) is 33.2. The molecule has 2 unspecified atom stereocenters. The molecule has 2 aliphatic rings. The number of hydrogen-bond donors (Lipinski definition) is 1. The third-order valence-electron chi connectivity index (χ3n) is 3.08. The molecule has 0 bridgehead atoms. The lowest BCUT2D eigenvalue weighted by Gasteiger charge is -2.31. The van der Waals surface area contributed by atoms with Gasteiger partial charge in [-0.15, -0.1) is 0 Å². The van der Waals surface area contributed by atoms with Crippen LogP contribution in [0, 0.1) is 0 Å². The molecule has 2 fully saturated rings. The van der Waals surface area contributed by atoms with Gasteiger partial charge in [0.25, 0.3) is 0 Å². The Morgan fingerprint density at radius 1 is 1.36 bits per heavy atom. The third kappa shape index (κ3) is 2.47. The van der Waals surface area contributed by atoms with E-state index in [0.29, 0.717) is 18.2 Å². The summed E-state index contributed by atoms with van der Waals surface area (Å²) in [7, 11) is 0. The van der Waals surface area contributed by atoms with Crippen molar-refractivity contribution in [2.24, 2.45) is 0 Å². The Labute approximate surface area is 86.2 Å². The molecule has 3 heteroatoms. The van der Waals surface area contributed by atoms with E-state index in [9.17, 15) is 0 Å². The second-order valence-corrected chi connectivity index (χ2v) is 4.33. The summed E-state index contributed by atoms with van der Waals surface area (Å²) in [6.45, 7) is 4.93. The molecule has 0 aromatic rings. The minimum Gasteiger partial charge on any atom is -0.376 e. The van der Waals surface area contributed by atoms with Crippen LogP contribution >= 0.6 is 0 Å². The molecule has 0 amide bonds. The zero-order valence-electron chi connectivity index (χ0n) is 9.00. The van der Waals surface area contributed by atoms with Gasteiger partial charge in [-0.25, -0.2) is 0 Å². The molecule has 2 rings (SSSR count). The fraction of sp³-hybridized carbons (Fsp3) is 1.00. The lowest BCUT2D eigenvalue weighted by atomic mass is 10.2. The lowest BCUT2D eigenvalue weighted by molar-refractivity contribution is -0.156. The third-order valence-corrected chi connectivity index (χ3v) is 3.08. The van der Waals surface area contributed by atoms with Crippen LogP contribution in [0.1, 0.15) is 32.6 Å². The summed E-state index contributed by atoms with van der Waals surface area (Å²) in [6, 6.07) is 0.593. The van der Waals surface area contributed by atoms with Crippen LogP contribution in [-0.4, -0.2) is 38.0 Å². The van der Waals surface area contributed by atoms with Crippen molar-refractivity contribution in [2.45, 2.75) is 50.9 Å². The second-order valence-electron chi connectivity index (χ2n) is 4.33. The van der Waals surface area contributed by atoms with Crippen LogP contribution < -0.4 is 5.32 Å². The van der Waals surface area contributed by atoms with Crippen molar-refractivity contribution < 1.29 is 9.47 Å². The Morgan fingerprint density at radius 2 is 2.21 bits per heavy atom. The van der Waals surface area contributed by atoms with Crippen LogP contribution in [0.3, 0.4) is 0 Å². The van der Waals surface area contributed by atoms with E-state index in [4.69, 9.17) is 9.47 Å². The lowest BCUT2D eigenvalue weighted by Crippen LogP contribution is -2.45. The Balaban J connectivity index is 1.71. The SMILES string of the molecule is CCCNC1CCCC1OC1COC1. The molecule has 1 saturated carbocycles. The van der Waals surface area contributed by atoms with Crippen molar-refractivity contribution in [2.75, 3.05) is 19.8 Å². The zero-order chi connectivity index (χ0) is 9.80. The van der Waals surface area contributed by atoms with Crippen LogP contribution in [0.5, 0.6) is 0 Å². The Hall–Kier alpha value is -0.120. The summed E-state index contributed by atoms with van der Waals surface area (Å²) >= 11 is 0. The highest BCUT2D eigenvalue weighted by molar-refractivity contribution is 4.85. The fourth-order valence-electron chi connectivity index (χ4n) is 2.19. The molecule has 14 heavy (non-hydrogen) atoms. The van der Waals surface area contributed by atoms with Crippen LogP contribution in [0.2, 0.25) is 0 Å². The van der Waals surface area contributed by atoms with Gasteiger partial charge in [0.2, 0.25) is 0 Å². The van der Waals surface area contributed by atoms with Crippen molar-refractivity contribution >= 4 is 0 Å². The first-order chi connectivity index (χ1) is 6.90. The molecule has 0 spiro atoms. The molecular formula is C11H21NO2. The highest BCUT2D eigenvalue weighted by atomic mass is 16.6. The van der Waals surface area contributed by atoms with Gasteiger partial charge in [0.15, 0.2) is 0 Å². The van der Waals surface area contributed by atoms with Crippen molar-refractivity contribution in [3.63, 3.8) is 0 Å². The molecule has 0 aromatic carbocycles. The summed E-state index contributed by atoms with van der Waals surface area (Å²) in [5.41, 5.74) is 0. The van der Waals surface area contributed by atoms with Crippen molar-refractivity contribution in [3.8, 4) is 0 Å². The van der Waals surface area contributed by atoms with Gasteiger partial charge in [-0.3, -0.25) is 0 Å². The van der Waals surface area contributed by atoms with E-state index in [1.54, 1.807) is 0 Å². The molecule has 0 radical (unpaired) electrons. The van der Waals surface area contributed by atoms with Gasteiger partial charge in [-0.1, -0.05) is 6.92 Å². The molecule has 1 heterocycles. The topological polar surface area (TPSA) is 30.5 Å². The Kier molecular flexibility index (Phi) is 3.79. The molecule has 2 atom stereocenters. The predicted molar refractivity (Wildman–Crippen MR) is 55.4 cm³/mol. The maximum Gasteiger partial charge on any atom is 0.105 e. The van der Waals surface area contributed by atoms with E-state index in [1.165, 1.54) is 25.7 Å². The maximum absolute atomic E-state index is 5.97. The standard InChI is InChI=1S/C11H21NO2/c1-2-6-12-10-4-3-5-11(10)14-9-7-13-8-9/h9-12H,2-8H2,1H3. The van der Waals surface area contributed by atoms with Gasteiger partial charge >= 0.3 is 0 Å². The van der Waals surface area contributed by atoms with Gasteiger partial charge in [-0.05, 0) is 32.2 Å². The Bertz CT molecular complexity index is 171. The summed E-state index contributed by atoms with van der Waals surface area (Å²) in [4.78, 5) is 0. The smallest absolute Gasteiger partial charge is 0.105 e. The van der Waals surface area contributed by atoms with Crippen LogP contribution in [0.15, 0.2) is 0 Å². The second kappa shape index (κ2) is 5.10. The van der Waals surface area contributed by atoms with Crippen LogP contribution in [0.4, 0.5) is 0 Å². The minimum atomic E-state index is 0.379. The van der Waals surface area contributed by atoms with Gasteiger partial charge in [0.05, 0.1) is 19.3 Å². The molecular weight excluding hydrogens is 178 g/mol. The molecule has 0 aromatic heterocycles. The van der Waals surface area contributed by atoms with Gasteiger partial charge in [-0.2, -0.15) is 0 Å². The fourth-order valence-corrected chi connectivity index (χ4v) is 2.19. The Morgan fingerprint density at radius 3 is 2.86 bits per heavy atom. The van der Waals surface area contributed by atoms with Crippen molar-refractivity contribution in [1.82, 2.24) is 5.32 Å². The number of ether oxygens (including phenoxy) is 2. The predicted octanol–water partition coefficient (Wildman–Crippen LogP) is 1.32. The first-order valence-corrected chi connectivity index (χ1v) is 5.86. The van der Waals surface area contributed by atoms with Crippen LogP contribution in [-0.2, 0) is 9.47 Å². The zero-order valence-corrected chi connectivity index (χ0v) is 9.00. The minimum absolute atomic E-state index is 0.379. The van der Waals surface area contributed by atoms with Gasteiger partial charge in [0, 0.05) is 6.04 Å². The van der Waals surface area contributed by atoms with Crippen molar-refractivity contribution in [1.29, 1.82) is 0 Å². The van der Waals surface area contributed by atoms with E-state index < -0.39 is 0 Å².